The molecule has 1 saturated heterocycles. The summed E-state index contributed by atoms with van der Waals surface area (Å²) in [6.07, 6.45) is -2.10. The minimum atomic E-state index is -4.53. The summed E-state index contributed by atoms with van der Waals surface area (Å²) in [6.45, 7) is 5.94. The molecule has 1 aliphatic heterocycles. The smallest absolute Gasteiger partial charge is 0.421 e. The van der Waals surface area contributed by atoms with Gasteiger partial charge in [0.05, 0.1) is 13.2 Å². The van der Waals surface area contributed by atoms with E-state index in [1.165, 1.54) is 12.3 Å². The third-order valence-corrected chi connectivity index (χ3v) is 4.38. The molecule has 0 spiro atoms. The minimum Gasteiger partial charge on any atom is -0.475 e. The first-order valence-electron chi connectivity index (χ1n) is 9.96. The Balaban J connectivity index is 0.00000480. The van der Waals surface area contributed by atoms with Gasteiger partial charge in [-0.15, -0.1) is 24.0 Å². The zero-order valence-corrected chi connectivity index (χ0v) is 19.9. The number of hydrogen-bond donors (Lipinski definition) is 2. The molecule has 2 heterocycles. The summed E-state index contributed by atoms with van der Waals surface area (Å²) in [5.74, 6) is 0.0947. The predicted molar refractivity (Wildman–Crippen MR) is 121 cm³/mol. The van der Waals surface area contributed by atoms with Gasteiger partial charge in [0.15, 0.2) is 5.96 Å². The SMILES string of the molecule is CCNC(=NCCOc1ncccc1C(F)(F)F)NC1CCN(C(=O)OCC)CC1.I. The van der Waals surface area contributed by atoms with Crippen LogP contribution in [-0.4, -0.2) is 67.4 Å². The van der Waals surface area contributed by atoms with Gasteiger partial charge in [-0.1, -0.05) is 0 Å². The Morgan fingerprint density at radius 3 is 2.65 bits per heavy atom. The van der Waals surface area contributed by atoms with E-state index in [-0.39, 0.29) is 49.3 Å². The second-order valence-electron chi connectivity index (χ2n) is 6.57. The maximum atomic E-state index is 13.0. The Kier molecular flexibility index (Phi) is 11.7. The van der Waals surface area contributed by atoms with Crippen molar-refractivity contribution in [3.8, 4) is 5.88 Å². The predicted octanol–water partition coefficient (Wildman–Crippen LogP) is 3.27. The summed E-state index contributed by atoms with van der Waals surface area (Å²) in [4.78, 5) is 21.5. The molecule has 0 bridgehead atoms. The van der Waals surface area contributed by atoms with E-state index in [2.05, 4.69) is 20.6 Å². The molecule has 1 amide bonds. The largest absolute Gasteiger partial charge is 0.475 e. The number of likely N-dealkylation sites (tertiary alicyclic amines) is 1. The van der Waals surface area contributed by atoms with Gasteiger partial charge in [0.1, 0.15) is 12.2 Å². The molecule has 1 fully saturated rings. The first-order valence-corrected chi connectivity index (χ1v) is 9.96. The van der Waals surface area contributed by atoms with Gasteiger partial charge >= 0.3 is 12.3 Å². The van der Waals surface area contributed by atoms with Crippen molar-refractivity contribution >= 4 is 36.0 Å². The number of hydrogen-bond acceptors (Lipinski definition) is 5. The van der Waals surface area contributed by atoms with Crippen LogP contribution in [0.1, 0.15) is 32.3 Å². The molecular formula is C19H29F3IN5O3. The summed E-state index contributed by atoms with van der Waals surface area (Å²) in [7, 11) is 0. The first-order chi connectivity index (χ1) is 14.3. The number of guanidine groups is 1. The number of halogens is 4. The van der Waals surface area contributed by atoms with Crippen LogP contribution in [0.2, 0.25) is 0 Å². The minimum absolute atomic E-state index is 0. The third-order valence-electron chi connectivity index (χ3n) is 4.38. The number of alkyl halides is 3. The Hall–Kier alpha value is -1.99. The first kappa shape index (κ1) is 27.0. The molecule has 1 aromatic rings. The number of ether oxygens (including phenoxy) is 2. The summed E-state index contributed by atoms with van der Waals surface area (Å²) in [6, 6.07) is 2.27. The highest BCUT2D eigenvalue weighted by Gasteiger charge is 2.35. The zero-order valence-electron chi connectivity index (χ0n) is 17.6. The molecule has 31 heavy (non-hydrogen) atoms. The van der Waals surface area contributed by atoms with Gasteiger partial charge in [-0.05, 0) is 38.8 Å². The lowest BCUT2D eigenvalue weighted by Gasteiger charge is -2.32. The average Bonchev–Trinajstić information content (AvgIpc) is 2.71. The molecule has 0 aliphatic carbocycles. The van der Waals surface area contributed by atoms with Crippen molar-refractivity contribution < 1.29 is 27.4 Å². The number of piperidine rings is 1. The van der Waals surface area contributed by atoms with Gasteiger partial charge in [0.2, 0.25) is 5.88 Å². The van der Waals surface area contributed by atoms with E-state index in [1.54, 1.807) is 11.8 Å². The Labute approximate surface area is 197 Å². The number of nitrogens with zero attached hydrogens (tertiary/aromatic N) is 3. The topological polar surface area (TPSA) is 88.1 Å². The van der Waals surface area contributed by atoms with Crippen LogP contribution in [0.4, 0.5) is 18.0 Å². The van der Waals surface area contributed by atoms with Crippen LogP contribution in [-0.2, 0) is 10.9 Å². The van der Waals surface area contributed by atoms with Crippen molar-refractivity contribution in [2.75, 3.05) is 39.4 Å². The van der Waals surface area contributed by atoms with Gasteiger partial charge in [0.25, 0.3) is 0 Å². The number of aliphatic imine (C=N–C) groups is 1. The van der Waals surface area contributed by atoms with Gasteiger partial charge in [0, 0.05) is 31.9 Å². The summed E-state index contributed by atoms with van der Waals surface area (Å²) in [5, 5.41) is 6.39. The molecule has 8 nitrogen and oxygen atoms in total. The Morgan fingerprint density at radius 1 is 1.32 bits per heavy atom. The van der Waals surface area contributed by atoms with Gasteiger partial charge < -0.3 is 25.0 Å². The number of rotatable bonds is 7. The number of aromatic nitrogens is 1. The van der Waals surface area contributed by atoms with Gasteiger partial charge in [-0.3, -0.25) is 0 Å². The molecular weight excluding hydrogens is 530 g/mol. The van der Waals surface area contributed by atoms with E-state index in [0.29, 0.717) is 32.2 Å². The summed E-state index contributed by atoms with van der Waals surface area (Å²) in [5.41, 5.74) is -0.910. The standard InChI is InChI=1S/C19H28F3N5O3.HI/c1-3-23-17(26-14-7-11-27(12-8-14)18(28)29-4-2)25-10-13-30-16-15(19(20,21)22)6-5-9-24-16;/h5-6,9,14H,3-4,7-8,10-13H2,1-2H3,(H2,23,25,26);1H. The van der Waals surface area contributed by atoms with Crippen LogP contribution in [0.3, 0.4) is 0 Å². The molecule has 2 rings (SSSR count). The van der Waals surface area contributed by atoms with Crippen LogP contribution < -0.4 is 15.4 Å². The lowest BCUT2D eigenvalue weighted by atomic mass is 10.1. The van der Waals surface area contributed by atoms with E-state index in [9.17, 15) is 18.0 Å². The van der Waals surface area contributed by atoms with Gasteiger partial charge in [-0.25, -0.2) is 14.8 Å². The van der Waals surface area contributed by atoms with Crippen LogP contribution >= 0.6 is 24.0 Å². The molecule has 1 aromatic heterocycles. The summed E-state index contributed by atoms with van der Waals surface area (Å²) < 4.78 is 49.1. The van der Waals surface area contributed by atoms with Crippen LogP contribution in [0.25, 0.3) is 0 Å². The Morgan fingerprint density at radius 2 is 2.03 bits per heavy atom. The van der Waals surface area contributed by atoms with E-state index >= 15 is 0 Å². The molecule has 0 atom stereocenters. The molecule has 0 radical (unpaired) electrons. The number of amides is 1. The number of nitrogens with one attached hydrogen (secondary N) is 2. The van der Waals surface area contributed by atoms with E-state index in [4.69, 9.17) is 9.47 Å². The fraction of sp³-hybridized carbons (Fsp3) is 0.632. The zero-order chi connectivity index (χ0) is 22.0. The Bertz CT molecular complexity index is 713. The third kappa shape index (κ3) is 8.95. The molecule has 0 aromatic carbocycles. The highest BCUT2D eigenvalue weighted by Crippen LogP contribution is 2.34. The molecule has 0 unspecified atom stereocenters. The highest BCUT2D eigenvalue weighted by atomic mass is 127. The van der Waals surface area contributed by atoms with E-state index in [1.807, 2.05) is 6.92 Å². The molecule has 12 heteroatoms. The van der Waals surface area contributed by atoms with Gasteiger partial charge in [-0.2, -0.15) is 13.2 Å². The normalized spacial score (nSPS) is 15.1. The fourth-order valence-electron chi connectivity index (χ4n) is 2.96. The lowest BCUT2D eigenvalue weighted by Crippen LogP contribution is -2.50. The fourth-order valence-corrected chi connectivity index (χ4v) is 2.96. The second kappa shape index (κ2) is 13.4. The van der Waals surface area contributed by atoms with Crippen molar-refractivity contribution in [3.05, 3.63) is 23.9 Å². The quantitative estimate of drug-likeness (QED) is 0.231. The molecule has 176 valence electrons. The molecule has 0 saturated carbocycles. The van der Waals surface area contributed by atoms with Crippen molar-refractivity contribution in [2.45, 2.75) is 38.9 Å². The summed E-state index contributed by atoms with van der Waals surface area (Å²) >= 11 is 0. The highest BCUT2D eigenvalue weighted by molar-refractivity contribution is 14.0. The number of carbonyl (C=O) groups excluding carboxylic acids is 1. The van der Waals surface area contributed by atoms with E-state index < -0.39 is 17.6 Å². The maximum Gasteiger partial charge on any atom is 0.421 e. The lowest BCUT2D eigenvalue weighted by molar-refractivity contribution is -0.139. The molecule has 2 N–H and O–H groups in total. The van der Waals surface area contributed by atoms with Crippen molar-refractivity contribution in [1.82, 2.24) is 20.5 Å². The average molecular weight is 559 g/mol. The van der Waals surface area contributed by atoms with Crippen LogP contribution in [0.15, 0.2) is 23.3 Å². The van der Waals surface area contributed by atoms with Crippen molar-refractivity contribution in [1.29, 1.82) is 0 Å². The second-order valence-corrected chi connectivity index (χ2v) is 6.57. The maximum absolute atomic E-state index is 13.0. The number of carbonyl (C=O) groups is 1. The van der Waals surface area contributed by atoms with Crippen LogP contribution in [0.5, 0.6) is 5.88 Å². The van der Waals surface area contributed by atoms with Crippen molar-refractivity contribution in [3.63, 3.8) is 0 Å². The molecule has 1 aliphatic rings. The van der Waals surface area contributed by atoms with Crippen molar-refractivity contribution in [2.24, 2.45) is 4.99 Å². The van der Waals surface area contributed by atoms with E-state index in [0.717, 1.165) is 18.9 Å². The monoisotopic (exact) mass is 559 g/mol. The number of pyridine rings is 1. The van der Waals surface area contributed by atoms with Crippen LogP contribution in [0, 0.1) is 0 Å².